The molecule has 13 heteroatoms. The predicted octanol–water partition coefficient (Wildman–Crippen LogP) is 5.53. The molecule has 1 saturated carbocycles. The first-order valence-corrected chi connectivity index (χ1v) is 19.4. The molecule has 0 radical (unpaired) electrons. The Hall–Kier alpha value is -3.16. The number of rotatable bonds is 3. The van der Waals surface area contributed by atoms with E-state index < -0.39 is 27.5 Å². The van der Waals surface area contributed by atoms with Crippen LogP contribution in [0.25, 0.3) is 0 Å². The van der Waals surface area contributed by atoms with Gasteiger partial charge < -0.3 is 28.7 Å². The highest BCUT2D eigenvalue weighted by Crippen LogP contribution is 2.47. The summed E-state index contributed by atoms with van der Waals surface area (Å²) in [5, 5.41) is 0.726. The quantitative estimate of drug-likeness (QED) is 0.411. The van der Waals surface area contributed by atoms with E-state index in [4.69, 9.17) is 30.5 Å². The third-order valence-electron chi connectivity index (χ3n) is 11.2. The van der Waals surface area contributed by atoms with Crippen molar-refractivity contribution >= 4 is 39.1 Å². The molecule has 1 spiro atoms. The van der Waals surface area contributed by atoms with E-state index in [9.17, 15) is 13.8 Å². The number of methoxy groups -OCH3 is 2. The van der Waals surface area contributed by atoms with Crippen LogP contribution in [0.5, 0.6) is 5.75 Å². The van der Waals surface area contributed by atoms with E-state index in [1.54, 1.807) is 46.3 Å². The average Bonchev–Trinajstić information content (AvgIpc) is 3.20. The van der Waals surface area contributed by atoms with Gasteiger partial charge in [0.05, 0.1) is 49.1 Å². The van der Waals surface area contributed by atoms with Crippen LogP contribution in [0.15, 0.2) is 57.8 Å². The van der Waals surface area contributed by atoms with Crippen LogP contribution in [-0.2, 0) is 40.8 Å². The maximum Gasteiger partial charge on any atom is 0.330 e. The number of aryl methyl sites for hydroxylation is 1. The van der Waals surface area contributed by atoms with Gasteiger partial charge in [0.2, 0.25) is 0 Å². The van der Waals surface area contributed by atoms with Crippen LogP contribution in [0, 0.1) is 11.8 Å². The lowest BCUT2D eigenvalue weighted by molar-refractivity contribution is -0.137. The van der Waals surface area contributed by atoms with Crippen molar-refractivity contribution in [3.05, 3.63) is 64.7 Å². The summed E-state index contributed by atoms with van der Waals surface area (Å²) in [4.78, 5) is 31.3. The predicted molar refractivity (Wildman–Crippen MR) is 191 cm³/mol. The van der Waals surface area contributed by atoms with Crippen LogP contribution < -0.4 is 14.4 Å². The number of nitrogens with zero attached hydrogens (tertiary/aromatic N) is 3. The molecule has 1 saturated heterocycles. The highest BCUT2D eigenvalue weighted by atomic mass is 35.5. The molecule has 3 amide bonds. The summed E-state index contributed by atoms with van der Waals surface area (Å²) in [5.74, 6) is 0.517. The number of urea groups is 1. The molecule has 1 N–H and O–H groups in total. The van der Waals surface area contributed by atoms with E-state index in [1.165, 1.54) is 16.0 Å². The summed E-state index contributed by atoms with van der Waals surface area (Å²) in [6.07, 6.45) is 8.67. The Balaban J connectivity index is 1.34. The van der Waals surface area contributed by atoms with Crippen molar-refractivity contribution in [2.75, 3.05) is 58.5 Å². The topological polar surface area (TPSA) is 119 Å². The van der Waals surface area contributed by atoms with E-state index >= 15 is 0 Å². The summed E-state index contributed by atoms with van der Waals surface area (Å²) in [5.41, 5.74) is 1.53. The molecule has 0 aromatic heterocycles. The molecule has 2 aromatic rings. The van der Waals surface area contributed by atoms with Crippen LogP contribution >= 0.6 is 11.6 Å². The van der Waals surface area contributed by atoms with Gasteiger partial charge >= 0.3 is 6.03 Å². The van der Waals surface area contributed by atoms with Gasteiger partial charge in [-0.15, -0.1) is 4.36 Å². The minimum atomic E-state index is -3.83. The standard InChI is InChI=1S/C37H47ClN4O7S/c1-36(2)34(43)39-50(45,40-35(44)41-20-27(21-41)46-3)28-11-14-33-31(18-28)42(19-25-9-12-29(25)32(47-4)8-6-16-49-36)22-37(23-48-33)15-5-7-24-17-26(38)10-13-30(24)37/h6,8,10-11,13-14,17-18,25,27,29,32H,5,7,9,12,15-16,19-23H2,1-4H3,(H,39,40,43,44,45)/b8-6-/t25-,29+,32-,37-,50?/m0/s1. The number of benzene rings is 2. The van der Waals surface area contributed by atoms with Crippen molar-refractivity contribution in [1.82, 2.24) is 9.62 Å². The number of carbonyl (C=O) groups excluding carboxylic acids is 2. The maximum absolute atomic E-state index is 15.0. The number of nitrogens with one attached hydrogen (secondary N) is 1. The fourth-order valence-electron chi connectivity index (χ4n) is 8.00. The van der Waals surface area contributed by atoms with Crippen LogP contribution in [0.2, 0.25) is 5.02 Å². The van der Waals surface area contributed by atoms with Crippen LogP contribution in [0.1, 0.15) is 50.7 Å². The second-order valence-corrected chi connectivity index (χ2v) is 17.1. The highest BCUT2D eigenvalue weighted by molar-refractivity contribution is 7.92. The molecule has 7 rings (SSSR count). The molecular weight excluding hydrogens is 680 g/mol. The fourth-order valence-corrected chi connectivity index (χ4v) is 9.81. The molecular formula is C37H47ClN4O7S. The SMILES string of the molecule is COC1CN(C(=O)NS2(=O)=NC(=O)C(C)(C)OC/C=C\[C@H](OC)[C@@H]3CC[C@H]3CN3C[C@@]4(CCCc5cc(Cl)ccc54)COc4ccc2cc43)C1. The van der Waals surface area contributed by atoms with E-state index in [2.05, 4.69) is 26.1 Å². The van der Waals surface area contributed by atoms with E-state index in [1.807, 2.05) is 18.2 Å². The summed E-state index contributed by atoms with van der Waals surface area (Å²) < 4.78 is 45.8. The van der Waals surface area contributed by atoms with E-state index in [0.29, 0.717) is 37.9 Å². The number of ether oxygens (including phenoxy) is 4. The van der Waals surface area contributed by atoms with Crippen LogP contribution in [0.4, 0.5) is 10.5 Å². The Kier molecular flexibility index (Phi) is 9.70. The van der Waals surface area contributed by atoms with Crippen molar-refractivity contribution in [3.8, 4) is 5.75 Å². The van der Waals surface area contributed by atoms with Gasteiger partial charge in [-0.3, -0.25) is 4.79 Å². The number of likely N-dealkylation sites (tertiary alicyclic amines) is 1. The number of hydrogen-bond donors (Lipinski definition) is 1. The first-order valence-electron chi connectivity index (χ1n) is 17.5. The normalized spacial score (nSPS) is 31.5. The third kappa shape index (κ3) is 6.65. The number of halogens is 1. The molecule has 270 valence electrons. The van der Waals surface area contributed by atoms with Crippen molar-refractivity contribution < 1.29 is 32.7 Å². The minimum Gasteiger partial charge on any atom is -0.490 e. The zero-order chi connectivity index (χ0) is 35.3. The summed E-state index contributed by atoms with van der Waals surface area (Å²) in [6, 6.07) is 10.8. The number of fused-ring (bicyclic) bond motifs is 4. The lowest BCUT2D eigenvalue weighted by Crippen LogP contribution is -2.58. The molecule has 2 bridgehead atoms. The number of amides is 3. The number of anilines is 1. The second kappa shape index (κ2) is 13.8. The number of carbonyl (C=O) groups is 2. The van der Waals surface area contributed by atoms with E-state index in [-0.39, 0.29) is 35.0 Å². The van der Waals surface area contributed by atoms with Crippen LogP contribution in [-0.4, -0.2) is 92.5 Å². The second-order valence-electron chi connectivity index (χ2n) is 14.8. The number of hydrogen-bond acceptors (Lipinski definition) is 8. The van der Waals surface area contributed by atoms with E-state index in [0.717, 1.165) is 49.4 Å². The Labute approximate surface area is 299 Å². The molecule has 3 heterocycles. The lowest BCUT2D eigenvalue weighted by Gasteiger charge is -2.46. The smallest absolute Gasteiger partial charge is 0.330 e. The molecule has 1 unspecified atom stereocenters. The molecule has 11 nitrogen and oxygen atoms in total. The van der Waals surface area contributed by atoms with Gasteiger partial charge in [0.25, 0.3) is 5.91 Å². The zero-order valence-electron chi connectivity index (χ0n) is 29.2. The molecule has 5 aliphatic rings. The lowest BCUT2D eigenvalue weighted by atomic mass is 9.68. The Bertz CT molecular complexity index is 1800. The van der Waals surface area contributed by atoms with Crippen molar-refractivity contribution in [3.63, 3.8) is 0 Å². The van der Waals surface area contributed by atoms with Crippen LogP contribution in [0.3, 0.4) is 0 Å². The summed E-state index contributed by atoms with van der Waals surface area (Å²) in [7, 11) is -0.507. The maximum atomic E-state index is 15.0. The highest BCUT2D eigenvalue weighted by Gasteiger charge is 2.45. The van der Waals surface area contributed by atoms with Crippen molar-refractivity contribution in [2.24, 2.45) is 16.2 Å². The van der Waals surface area contributed by atoms with Gasteiger partial charge in [-0.1, -0.05) is 29.8 Å². The van der Waals surface area contributed by atoms with Gasteiger partial charge in [0.15, 0.2) is 9.92 Å². The van der Waals surface area contributed by atoms with Gasteiger partial charge in [-0.05, 0) is 99.2 Å². The summed E-state index contributed by atoms with van der Waals surface area (Å²) >= 11 is 6.46. The zero-order valence-corrected chi connectivity index (χ0v) is 30.8. The molecule has 2 fully saturated rings. The Morgan fingerprint density at radius 1 is 1.10 bits per heavy atom. The first-order chi connectivity index (χ1) is 23.9. The minimum absolute atomic E-state index is 0.103. The molecule has 50 heavy (non-hydrogen) atoms. The van der Waals surface area contributed by atoms with Crippen molar-refractivity contribution in [2.45, 2.75) is 74.1 Å². The van der Waals surface area contributed by atoms with Gasteiger partial charge in [-0.25, -0.2) is 13.7 Å². The van der Waals surface area contributed by atoms with Gasteiger partial charge in [-0.2, -0.15) is 0 Å². The van der Waals surface area contributed by atoms with Gasteiger partial charge in [0, 0.05) is 37.7 Å². The third-order valence-corrected chi connectivity index (χ3v) is 13.2. The fraction of sp³-hybridized carbons (Fsp3) is 0.568. The molecule has 3 aliphatic heterocycles. The van der Waals surface area contributed by atoms with Crippen molar-refractivity contribution in [1.29, 1.82) is 0 Å². The largest absolute Gasteiger partial charge is 0.490 e. The average molecular weight is 727 g/mol. The Morgan fingerprint density at radius 2 is 1.92 bits per heavy atom. The summed E-state index contributed by atoms with van der Waals surface area (Å²) in [6.45, 7) is 5.88. The monoisotopic (exact) mass is 726 g/mol. The first kappa shape index (κ1) is 35.3. The molecule has 5 atom stereocenters. The molecule has 2 aliphatic carbocycles. The molecule has 2 aromatic carbocycles. The Morgan fingerprint density at radius 3 is 2.66 bits per heavy atom. The van der Waals surface area contributed by atoms with Gasteiger partial charge in [0.1, 0.15) is 11.4 Å².